The first kappa shape index (κ1) is 15.7. The van der Waals surface area contributed by atoms with Crippen LogP contribution in [0.4, 0.5) is 5.69 Å². The van der Waals surface area contributed by atoms with Crippen LogP contribution >= 0.6 is 23.2 Å². The molecule has 0 radical (unpaired) electrons. The van der Waals surface area contributed by atoms with Gasteiger partial charge in [-0.15, -0.1) is 0 Å². The maximum atomic E-state index is 11.6. The summed E-state index contributed by atoms with van der Waals surface area (Å²) in [4.78, 5) is 10.1. The molecule has 110 valence electrons. The molecular formula is C12H8Cl2N2O4S. The van der Waals surface area contributed by atoms with Gasteiger partial charge in [0.2, 0.25) is 10.0 Å². The molecule has 0 heterocycles. The number of primary sulfonamides is 1. The van der Waals surface area contributed by atoms with Crippen molar-refractivity contribution in [2.24, 2.45) is 5.14 Å². The lowest BCUT2D eigenvalue weighted by Gasteiger charge is -2.09. The number of hydrogen-bond acceptors (Lipinski definition) is 4. The van der Waals surface area contributed by atoms with Crippen LogP contribution in [0.1, 0.15) is 0 Å². The Kier molecular flexibility index (Phi) is 4.20. The molecule has 0 saturated heterocycles. The highest BCUT2D eigenvalue weighted by molar-refractivity contribution is 7.89. The fraction of sp³-hybridized carbons (Fsp3) is 0. The number of halogens is 2. The Balaban J connectivity index is 2.87. The van der Waals surface area contributed by atoms with Gasteiger partial charge in [0, 0.05) is 6.07 Å². The van der Waals surface area contributed by atoms with Gasteiger partial charge in [0.25, 0.3) is 5.69 Å². The first-order valence-corrected chi connectivity index (χ1v) is 7.77. The Labute approximate surface area is 130 Å². The number of rotatable bonds is 3. The van der Waals surface area contributed by atoms with Crippen molar-refractivity contribution >= 4 is 38.9 Å². The van der Waals surface area contributed by atoms with Crippen molar-refractivity contribution in [1.82, 2.24) is 0 Å². The maximum Gasteiger partial charge on any atom is 0.278 e. The van der Waals surface area contributed by atoms with Crippen LogP contribution in [0, 0.1) is 10.1 Å². The molecule has 9 heteroatoms. The van der Waals surface area contributed by atoms with Gasteiger partial charge in [-0.2, -0.15) is 0 Å². The molecule has 0 amide bonds. The molecule has 0 aliphatic heterocycles. The summed E-state index contributed by atoms with van der Waals surface area (Å²) in [6, 6.07) is 7.83. The summed E-state index contributed by atoms with van der Waals surface area (Å²) in [6.07, 6.45) is 0. The van der Waals surface area contributed by atoms with Crippen molar-refractivity contribution < 1.29 is 13.3 Å². The highest BCUT2D eigenvalue weighted by Gasteiger charge is 2.25. The first-order valence-electron chi connectivity index (χ1n) is 5.47. The van der Waals surface area contributed by atoms with E-state index < -0.39 is 14.9 Å². The summed E-state index contributed by atoms with van der Waals surface area (Å²) in [6.45, 7) is 0. The molecule has 2 aromatic carbocycles. The van der Waals surface area contributed by atoms with E-state index in [2.05, 4.69) is 0 Å². The SMILES string of the molecule is NS(=O)(=O)c1cccc([N+](=O)[O-])c1-c1ccc(Cl)c(Cl)c1. The van der Waals surface area contributed by atoms with Crippen molar-refractivity contribution in [3.05, 3.63) is 56.6 Å². The van der Waals surface area contributed by atoms with Gasteiger partial charge in [0.05, 0.1) is 25.4 Å². The molecule has 6 nitrogen and oxygen atoms in total. The van der Waals surface area contributed by atoms with Gasteiger partial charge in [-0.1, -0.05) is 35.3 Å². The Morgan fingerprint density at radius 1 is 1.10 bits per heavy atom. The zero-order valence-corrected chi connectivity index (χ0v) is 12.6. The van der Waals surface area contributed by atoms with Crippen LogP contribution in [0.15, 0.2) is 41.3 Å². The zero-order valence-electron chi connectivity index (χ0n) is 10.3. The number of nitro groups is 1. The third-order valence-electron chi connectivity index (χ3n) is 2.72. The van der Waals surface area contributed by atoms with Crippen molar-refractivity contribution in [2.45, 2.75) is 4.90 Å². The number of sulfonamides is 1. The van der Waals surface area contributed by atoms with Crippen LogP contribution in [0.3, 0.4) is 0 Å². The Morgan fingerprint density at radius 3 is 2.29 bits per heavy atom. The van der Waals surface area contributed by atoms with Gasteiger partial charge >= 0.3 is 0 Å². The minimum atomic E-state index is -4.14. The highest BCUT2D eigenvalue weighted by atomic mass is 35.5. The summed E-state index contributed by atoms with van der Waals surface area (Å²) in [5.74, 6) is 0. The third kappa shape index (κ3) is 3.16. The number of benzene rings is 2. The number of nitrogens with two attached hydrogens (primary N) is 1. The minimum Gasteiger partial charge on any atom is -0.258 e. The lowest BCUT2D eigenvalue weighted by atomic mass is 10.0. The molecule has 0 aliphatic carbocycles. The quantitative estimate of drug-likeness (QED) is 0.680. The van der Waals surface area contributed by atoms with Gasteiger partial charge in [-0.05, 0) is 23.8 Å². The molecule has 2 rings (SSSR count). The molecule has 2 aromatic rings. The molecule has 0 aliphatic rings. The molecule has 21 heavy (non-hydrogen) atoms. The minimum absolute atomic E-state index is 0.122. The molecule has 0 atom stereocenters. The highest BCUT2D eigenvalue weighted by Crippen LogP contribution is 2.37. The Hall–Kier alpha value is -1.67. The maximum absolute atomic E-state index is 11.6. The van der Waals surface area contributed by atoms with E-state index in [1.165, 1.54) is 36.4 Å². The predicted molar refractivity (Wildman–Crippen MR) is 79.9 cm³/mol. The fourth-order valence-corrected chi connectivity index (χ4v) is 2.92. The van der Waals surface area contributed by atoms with Crippen molar-refractivity contribution in [3.63, 3.8) is 0 Å². The van der Waals surface area contributed by atoms with Gasteiger partial charge in [0.15, 0.2) is 0 Å². The van der Waals surface area contributed by atoms with E-state index in [4.69, 9.17) is 28.3 Å². The largest absolute Gasteiger partial charge is 0.278 e. The van der Waals surface area contributed by atoms with Crippen LogP contribution < -0.4 is 5.14 Å². The third-order valence-corrected chi connectivity index (χ3v) is 4.41. The first-order chi connectivity index (χ1) is 9.71. The summed E-state index contributed by atoms with van der Waals surface area (Å²) in [7, 11) is -4.14. The summed E-state index contributed by atoms with van der Waals surface area (Å²) in [5.41, 5.74) is -0.274. The van der Waals surface area contributed by atoms with Crippen LogP contribution in [0.25, 0.3) is 11.1 Å². The van der Waals surface area contributed by atoms with Crippen molar-refractivity contribution in [1.29, 1.82) is 0 Å². The van der Waals surface area contributed by atoms with E-state index in [1.54, 1.807) is 0 Å². The van der Waals surface area contributed by atoms with Crippen molar-refractivity contribution in [2.75, 3.05) is 0 Å². The van der Waals surface area contributed by atoms with Crippen molar-refractivity contribution in [3.8, 4) is 11.1 Å². The Morgan fingerprint density at radius 2 is 1.76 bits per heavy atom. The second kappa shape index (κ2) is 5.61. The molecule has 0 fully saturated rings. The van der Waals surface area contributed by atoms with E-state index in [9.17, 15) is 18.5 Å². The monoisotopic (exact) mass is 346 g/mol. The van der Waals surface area contributed by atoms with E-state index >= 15 is 0 Å². The Bertz CT molecular complexity index is 837. The summed E-state index contributed by atoms with van der Waals surface area (Å²) >= 11 is 11.7. The smallest absolute Gasteiger partial charge is 0.258 e. The predicted octanol–water partition coefficient (Wildman–Crippen LogP) is 3.22. The van der Waals surface area contributed by atoms with E-state index in [1.807, 2.05) is 0 Å². The molecule has 0 unspecified atom stereocenters. The van der Waals surface area contributed by atoms with E-state index in [-0.39, 0.29) is 31.8 Å². The molecule has 0 bridgehead atoms. The number of nitrogens with zero attached hydrogens (tertiary/aromatic N) is 1. The van der Waals surface area contributed by atoms with Gasteiger partial charge in [-0.25, -0.2) is 13.6 Å². The number of hydrogen-bond donors (Lipinski definition) is 1. The lowest BCUT2D eigenvalue weighted by molar-refractivity contribution is -0.384. The fourth-order valence-electron chi connectivity index (χ4n) is 1.85. The standard InChI is InChI=1S/C12H8Cl2N2O4S/c13-8-5-4-7(6-9(8)14)12-10(16(17)18)2-1-3-11(12)21(15,19)20/h1-6H,(H2,15,19,20). The number of nitro benzene ring substituents is 1. The summed E-state index contributed by atoms with van der Waals surface area (Å²) < 4.78 is 23.3. The lowest BCUT2D eigenvalue weighted by Crippen LogP contribution is -2.14. The van der Waals surface area contributed by atoms with Gasteiger partial charge in [-0.3, -0.25) is 10.1 Å². The summed E-state index contributed by atoms with van der Waals surface area (Å²) in [5, 5.41) is 16.7. The average Bonchev–Trinajstić information content (AvgIpc) is 2.40. The van der Waals surface area contributed by atoms with Crippen LogP contribution in [-0.2, 0) is 10.0 Å². The molecular weight excluding hydrogens is 339 g/mol. The zero-order chi connectivity index (χ0) is 15.8. The normalized spacial score (nSPS) is 11.4. The van der Waals surface area contributed by atoms with E-state index in [0.29, 0.717) is 0 Å². The second-order valence-corrected chi connectivity index (χ2v) is 6.43. The van der Waals surface area contributed by atoms with Gasteiger partial charge in [0.1, 0.15) is 0 Å². The molecule has 2 N–H and O–H groups in total. The average molecular weight is 347 g/mol. The van der Waals surface area contributed by atoms with E-state index in [0.717, 1.165) is 0 Å². The second-order valence-electron chi connectivity index (χ2n) is 4.08. The topological polar surface area (TPSA) is 103 Å². The molecule has 0 aromatic heterocycles. The molecule has 0 saturated carbocycles. The molecule has 0 spiro atoms. The van der Waals surface area contributed by atoms with Gasteiger partial charge < -0.3 is 0 Å². The van der Waals surface area contributed by atoms with Crippen LogP contribution in [0.2, 0.25) is 10.0 Å². The van der Waals surface area contributed by atoms with Crippen LogP contribution in [-0.4, -0.2) is 13.3 Å². The van der Waals surface area contributed by atoms with Crippen LogP contribution in [0.5, 0.6) is 0 Å².